The van der Waals surface area contributed by atoms with Gasteiger partial charge in [0.2, 0.25) is 0 Å². The molecule has 2 aromatic rings. The fraction of sp³-hybridized carbons (Fsp3) is 0.333. The van der Waals surface area contributed by atoms with Gasteiger partial charge in [0, 0.05) is 24.7 Å². The van der Waals surface area contributed by atoms with Gasteiger partial charge in [-0.05, 0) is 26.0 Å². The van der Waals surface area contributed by atoms with Crippen LogP contribution in [0, 0.1) is 0 Å². The van der Waals surface area contributed by atoms with Crippen LogP contribution in [0.25, 0.3) is 10.9 Å². The molecule has 0 spiro atoms. The Bertz CT molecular complexity index is 647. The average Bonchev–Trinajstić information content (AvgIpc) is 2.35. The Kier molecular flexibility index (Phi) is 3.63. The first-order valence-corrected chi connectivity index (χ1v) is 6.41. The summed E-state index contributed by atoms with van der Waals surface area (Å²) in [5, 5.41) is 10.6. The molecule has 0 saturated carbocycles. The Morgan fingerprint density at radius 3 is 2.70 bits per heavy atom. The normalized spacial score (nSPS) is 11.6. The van der Waals surface area contributed by atoms with E-state index in [1.54, 1.807) is 27.0 Å². The van der Waals surface area contributed by atoms with Crippen molar-refractivity contribution in [3.63, 3.8) is 0 Å². The first-order chi connectivity index (χ1) is 9.28. The van der Waals surface area contributed by atoms with Crippen molar-refractivity contribution in [3.05, 3.63) is 36.0 Å². The van der Waals surface area contributed by atoms with Gasteiger partial charge in [0.15, 0.2) is 0 Å². The van der Waals surface area contributed by atoms with E-state index >= 15 is 0 Å². The van der Waals surface area contributed by atoms with Gasteiger partial charge >= 0.3 is 0 Å². The number of nitrogens with two attached hydrogens (primary N) is 1. The van der Waals surface area contributed by atoms with Crippen LogP contribution in [0.5, 0.6) is 0 Å². The second-order valence-electron chi connectivity index (χ2n) is 5.59. The zero-order chi connectivity index (χ0) is 14.9. The van der Waals surface area contributed by atoms with Crippen molar-refractivity contribution in [2.24, 2.45) is 0 Å². The molecule has 5 nitrogen and oxygen atoms in total. The highest BCUT2D eigenvalue weighted by Gasteiger charge is 2.21. The number of nitrogens with zero attached hydrogens (tertiary/aromatic N) is 2. The van der Waals surface area contributed by atoms with Gasteiger partial charge in [0.25, 0.3) is 5.91 Å². The number of para-hydroxylation sites is 1. The van der Waals surface area contributed by atoms with E-state index in [0.29, 0.717) is 11.2 Å². The first kappa shape index (κ1) is 14.3. The number of pyridine rings is 1. The lowest BCUT2D eigenvalue weighted by Gasteiger charge is -2.25. The van der Waals surface area contributed by atoms with E-state index < -0.39 is 5.60 Å². The zero-order valence-electron chi connectivity index (χ0n) is 11.9. The molecule has 1 aromatic carbocycles. The van der Waals surface area contributed by atoms with Gasteiger partial charge in [-0.15, -0.1) is 0 Å². The second kappa shape index (κ2) is 5.09. The third kappa shape index (κ3) is 3.05. The number of rotatable bonds is 3. The van der Waals surface area contributed by atoms with Crippen molar-refractivity contribution >= 4 is 22.5 Å². The van der Waals surface area contributed by atoms with Gasteiger partial charge in [-0.2, -0.15) is 0 Å². The Balaban J connectivity index is 2.35. The summed E-state index contributed by atoms with van der Waals surface area (Å²) in [5.41, 5.74) is 6.51. The van der Waals surface area contributed by atoms with Gasteiger partial charge in [-0.1, -0.05) is 18.2 Å². The van der Waals surface area contributed by atoms with E-state index in [-0.39, 0.29) is 18.1 Å². The molecule has 1 aromatic heterocycles. The van der Waals surface area contributed by atoms with Crippen molar-refractivity contribution in [2.45, 2.75) is 19.4 Å². The van der Waals surface area contributed by atoms with Gasteiger partial charge in [0.1, 0.15) is 5.69 Å². The Hall–Kier alpha value is -2.14. The lowest BCUT2D eigenvalue weighted by atomic mass is 10.1. The van der Waals surface area contributed by atoms with Crippen molar-refractivity contribution in [2.75, 3.05) is 19.3 Å². The molecule has 0 aliphatic rings. The van der Waals surface area contributed by atoms with Gasteiger partial charge in [-0.3, -0.25) is 4.79 Å². The number of nitrogen functional groups attached to an aromatic ring is 1. The summed E-state index contributed by atoms with van der Waals surface area (Å²) in [6.07, 6.45) is 0. The Morgan fingerprint density at radius 2 is 2.05 bits per heavy atom. The number of aliphatic hydroxyl groups is 1. The fourth-order valence-electron chi connectivity index (χ4n) is 2.16. The SMILES string of the molecule is CN(CC(C)(C)O)C(=O)c1cc(N)c2ccccc2n1. The van der Waals surface area contributed by atoms with Crippen LogP contribution in [0.4, 0.5) is 5.69 Å². The fourth-order valence-corrected chi connectivity index (χ4v) is 2.16. The Labute approximate surface area is 118 Å². The lowest BCUT2D eigenvalue weighted by Crippen LogP contribution is -2.40. The monoisotopic (exact) mass is 273 g/mol. The highest BCUT2D eigenvalue weighted by molar-refractivity contribution is 5.99. The molecule has 3 N–H and O–H groups in total. The molecule has 0 saturated heterocycles. The van der Waals surface area contributed by atoms with E-state index in [4.69, 9.17) is 5.73 Å². The summed E-state index contributed by atoms with van der Waals surface area (Å²) in [6.45, 7) is 3.53. The molecule has 1 amide bonds. The molecule has 1 heterocycles. The average molecular weight is 273 g/mol. The van der Waals surface area contributed by atoms with Crippen LogP contribution in [-0.4, -0.2) is 40.1 Å². The minimum Gasteiger partial charge on any atom is -0.398 e. The predicted octanol–water partition coefficient (Wildman–Crippen LogP) is 1.66. The number of amides is 1. The molecule has 0 bridgehead atoms. The summed E-state index contributed by atoms with van der Waals surface area (Å²) in [4.78, 5) is 18.1. The lowest BCUT2D eigenvalue weighted by molar-refractivity contribution is 0.0365. The first-order valence-electron chi connectivity index (χ1n) is 6.41. The molecule has 2 rings (SSSR count). The minimum absolute atomic E-state index is 0.222. The number of hydrogen-bond donors (Lipinski definition) is 2. The van der Waals surface area contributed by atoms with Crippen molar-refractivity contribution in [1.29, 1.82) is 0 Å². The number of anilines is 1. The molecule has 20 heavy (non-hydrogen) atoms. The maximum atomic E-state index is 12.3. The second-order valence-corrected chi connectivity index (χ2v) is 5.59. The van der Waals surface area contributed by atoms with E-state index in [0.717, 1.165) is 5.39 Å². The summed E-state index contributed by atoms with van der Waals surface area (Å²) < 4.78 is 0. The van der Waals surface area contributed by atoms with Crippen LogP contribution in [0.15, 0.2) is 30.3 Å². The number of benzene rings is 1. The number of carbonyl (C=O) groups is 1. The predicted molar refractivity (Wildman–Crippen MR) is 79.4 cm³/mol. The highest BCUT2D eigenvalue weighted by atomic mass is 16.3. The maximum absolute atomic E-state index is 12.3. The Morgan fingerprint density at radius 1 is 1.40 bits per heavy atom. The number of aromatic nitrogens is 1. The van der Waals surface area contributed by atoms with Gasteiger partial charge in [0.05, 0.1) is 11.1 Å². The highest BCUT2D eigenvalue weighted by Crippen LogP contribution is 2.20. The molecular formula is C15H19N3O2. The maximum Gasteiger partial charge on any atom is 0.272 e. The molecule has 106 valence electrons. The topological polar surface area (TPSA) is 79.5 Å². The van der Waals surface area contributed by atoms with Crippen LogP contribution < -0.4 is 5.73 Å². The van der Waals surface area contributed by atoms with E-state index in [1.165, 1.54) is 4.90 Å². The molecule has 0 atom stereocenters. The van der Waals surface area contributed by atoms with Crippen LogP contribution in [0.3, 0.4) is 0 Å². The van der Waals surface area contributed by atoms with Crippen LogP contribution in [0.1, 0.15) is 24.3 Å². The largest absolute Gasteiger partial charge is 0.398 e. The van der Waals surface area contributed by atoms with Gasteiger partial charge in [-0.25, -0.2) is 4.98 Å². The van der Waals surface area contributed by atoms with Crippen LogP contribution in [0.2, 0.25) is 0 Å². The molecule has 0 fully saturated rings. The third-order valence-corrected chi connectivity index (χ3v) is 2.94. The summed E-state index contributed by atoms with van der Waals surface area (Å²) in [5.74, 6) is -0.260. The van der Waals surface area contributed by atoms with Crippen molar-refractivity contribution < 1.29 is 9.90 Å². The minimum atomic E-state index is -0.952. The van der Waals surface area contributed by atoms with Crippen molar-refractivity contribution in [1.82, 2.24) is 9.88 Å². The zero-order valence-corrected chi connectivity index (χ0v) is 11.9. The number of likely N-dealkylation sites (N-methyl/N-ethyl adjacent to an activating group) is 1. The summed E-state index contributed by atoms with van der Waals surface area (Å²) >= 11 is 0. The van der Waals surface area contributed by atoms with Gasteiger partial charge < -0.3 is 15.7 Å². The number of carbonyl (C=O) groups excluding carboxylic acids is 1. The van der Waals surface area contributed by atoms with Crippen molar-refractivity contribution in [3.8, 4) is 0 Å². The van der Waals surface area contributed by atoms with Crippen LogP contribution >= 0.6 is 0 Å². The molecule has 0 radical (unpaired) electrons. The van der Waals surface area contributed by atoms with E-state index in [9.17, 15) is 9.90 Å². The van der Waals surface area contributed by atoms with Crippen LogP contribution in [-0.2, 0) is 0 Å². The van der Waals surface area contributed by atoms with E-state index in [2.05, 4.69) is 4.98 Å². The standard InChI is InChI=1S/C15H19N3O2/c1-15(2,20)9-18(3)14(19)13-8-11(16)10-6-4-5-7-12(10)17-13/h4-8,20H,9H2,1-3H3,(H2,16,17). The summed E-state index contributed by atoms with van der Waals surface area (Å²) in [7, 11) is 1.63. The molecular weight excluding hydrogens is 254 g/mol. The molecule has 5 heteroatoms. The number of fused-ring (bicyclic) bond motifs is 1. The summed E-state index contributed by atoms with van der Waals surface area (Å²) in [6, 6.07) is 8.99. The van der Waals surface area contributed by atoms with E-state index in [1.807, 2.05) is 24.3 Å². The smallest absolute Gasteiger partial charge is 0.272 e. The number of hydrogen-bond acceptors (Lipinski definition) is 4. The molecule has 0 unspecified atom stereocenters. The molecule has 0 aliphatic heterocycles. The molecule has 0 aliphatic carbocycles. The third-order valence-electron chi connectivity index (χ3n) is 2.94. The quantitative estimate of drug-likeness (QED) is 0.891.